The molecule has 0 spiro atoms. The summed E-state index contributed by atoms with van der Waals surface area (Å²) in [6.45, 7) is 2.92. The van der Waals surface area contributed by atoms with Gasteiger partial charge >= 0.3 is 0 Å². The molecule has 1 aliphatic rings. The Kier molecular flexibility index (Phi) is 6.45. The molecule has 1 fully saturated rings. The quantitative estimate of drug-likeness (QED) is 0.746. The summed E-state index contributed by atoms with van der Waals surface area (Å²) in [4.78, 5) is 1.98. The maximum Gasteiger partial charge on any atom is 0.240 e. The lowest BCUT2D eigenvalue weighted by atomic mass is 10.0. The van der Waals surface area contributed by atoms with Crippen molar-refractivity contribution in [2.45, 2.75) is 18.9 Å². The fraction of sp³-hybridized carbons (Fsp3) is 0.538. The Labute approximate surface area is 122 Å². The van der Waals surface area contributed by atoms with Crippen LogP contribution in [0.15, 0.2) is 18.2 Å². The molecule has 20 heavy (non-hydrogen) atoms. The number of aromatic hydroxyl groups is 2. The zero-order chi connectivity index (χ0) is 13.8. The number of piperazine rings is 1. The summed E-state index contributed by atoms with van der Waals surface area (Å²) in [6.07, 6.45) is -2.68. The number of alkyl halides is 2. The number of phenols is 2. The number of nitrogens with one attached hydrogen (secondary N) is 1. The van der Waals surface area contributed by atoms with Gasteiger partial charge in [-0.05, 0) is 17.7 Å². The second-order valence-corrected chi connectivity index (χ2v) is 4.68. The molecule has 0 aliphatic carbocycles. The highest BCUT2D eigenvalue weighted by Gasteiger charge is 2.25. The number of nitrogens with zero attached hydrogens (tertiary/aromatic N) is 1. The van der Waals surface area contributed by atoms with Crippen LogP contribution >= 0.6 is 12.4 Å². The first-order valence-corrected chi connectivity index (χ1v) is 6.32. The molecule has 1 atom stereocenters. The van der Waals surface area contributed by atoms with Gasteiger partial charge in [0.1, 0.15) is 0 Å². The van der Waals surface area contributed by atoms with Crippen LogP contribution in [0.2, 0.25) is 0 Å². The molecule has 1 aromatic carbocycles. The summed E-state index contributed by atoms with van der Waals surface area (Å²) in [7, 11) is 0. The summed E-state index contributed by atoms with van der Waals surface area (Å²) in [5, 5.41) is 22.0. The highest BCUT2D eigenvalue weighted by atomic mass is 35.5. The predicted octanol–water partition coefficient (Wildman–Crippen LogP) is 2.12. The summed E-state index contributed by atoms with van der Waals surface area (Å²) in [5.41, 5.74) is 0.609. The number of benzene rings is 1. The van der Waals surface area contributed by atoms with Crippen molar-refractivity contribution >= 4 is 12.4 Å². The molecule has 0 aromatic heterocycles. The monoisotopic (exact) mass is 308 g/mol. The van der Waals surface area contributed by atoms with Crippen LogP contribution in [0.1, 0.15) is 18.0 Å². The minimum atomic E-state index is -2.41. The van der Waals surface area contributed by atoms with Crippen LogP contribution in [0.4, 0.5) is 8.78 Å². The second kappa shape index (κ2) is 7.61. The molecule has 1 aromatic rings. The standard InChI is InChI=1S/C13H18F2N2O2.ClH/c14-13(15)8-10(17-5-3-16-4-6-17)9-1-2-11(18)12(19)7-9;/h1-2,7,10,13,16,18-19H,3-6,8H2;1H/t10-;/m0./s1. The molecular weight excluding hydrogens is 290 g/mol. The largest absolute Gasteiger partial charge is 0.504 e. The van der Waals surface area contributed by atoms with Crippen LogP contribution in [-0.4, -0.2) is 47.7 Å². The molecule has 0 amide bonds. The zero-order valence-corrected chi connectivity index (χ0v) is 11.7. The molecule has 1 saturated heterocycles. The van der Waals surface area contributed by atoms with Crippen LogP contribution in [0.25, 0.3) is 0 Å². The third kappa shape index (κ3) is 4.19. The van der Waals surface area contributed by atoms with Crippen molar-refractivity contribution in [2.75, 3.05) is 26.2 Å². The summed E-state index contributed by atoms with van der Waals surface area (Å²) in [6, 6.07) is 3.86. The summed E-state index contributed by atoms with van der Waals surface area (Å²) < 4.78 is 25.5. The molecular formula is C13H19ClF2N2O2. The first-order chi connectivity index (χ1) is 9.08. The van der Waals surface area contributed by atoms with Crippen LogP contribution in [0.3, 0.4) is 0 Å². The number of rotatable bonds is 4. The van der Waals surface area contributed by atoms with Crippen molar-refractivity contribution in [1.82, 2.24) is 10.2 Å². The minimum absolute atomic E-state index is 0. The van der Waals surface area contributed by atoms with Gasteiger partial charge in [0.05, 0.1) is 0 Å². The fourth-order valence-electron chi connectivity index (χ4n) is 2.41. The normalized spacial score (nSPS) is 17.8. The lowest BCUT2D eigenvalue weighted by Crippen LogP contribution is -2.45. The Morgan fingerprint density at radius 2 is 1.80 bits per heavy atom. The van der Waals surface area contributed by atoms with Crippen molar-refractivity contribution in [1.29, 1.82) is 0 Å². The Bertz CT molecular complexity index is 429. The van der Waals surface area contributed by atoms with E-state index in [-0.39, 0.29) is 30.3 Å². The third-order valence-electron chi connectivity index (χ3n) is 3.38. The van der Waals surface area contributed by atoms with Gasteiger partial charge < -0.3 is 15.5 Å². The summed E-state index contributed by atoms with van der Waals surface area (Å²) in [5.74, 6) is -0.508. The minimum Gasteiger partial charge on any atom is -0.504 e. The number of phenolic OH excluding ortho intramolecular Hbond substituents is 2. The molecule has 0 radical (unpaired) electrons. The first kappa shape index (κ1) is 16.9. The SMILES string of the molecule is Cl.Oc1ccc([C@H](CC(F)F)N2CCNCC2)cc1O. The van der Waals surface area contributed by atoms with E-state index in [1.807, 2.05) is 4.90 Å². The van der Waals surface area contributed by atoms with Crippen LogP contribution in [-0.2, 0) is 0 Å². The van der Waals surface area contributed by atoms with E-state index in [0.717, 1.165) is 13.1 Å². The molecule has 0 saturated carbocycles. The van der Waals surface area contributed by atoms with Crippen LogP contribution in [0, 0.1) is 0 Å². The zero-order valence-electron chi connectivity index (χ0n) is 10.9. The van der Waals surface area contributed by atoms with Crippen LogP contribution < -0.4 is 5.32 Å². The van der Waals surface area contributed by atoms with E-state index in [2.05, 4.69) is 5.32 Å². The van der Waals surface area contributed by atoms with Crippen molar-refractivity contribution in [2.24, 2.45) is 0 Å². The van der Waals surface area contributed by atoms with Gasteiger partial charge in [0, 0.05) is 38.6 Å². The Morgan fingerprint density at radius 1 is 1.15 bits per heavy atom. The lowest BCUT2D eigenvalue weighted by molar-refractivity contribution is 0.0738. The first-order valence-electron chi connectivity index (χ1n) is 6.32. The van der Waals surface area contributed by atoms with E-state index >= 15 is 0 Å². The van der Waals surface area contributed by atoms with E-state index in [4.69, 9.17) is 0 Å². The molecule has 4 nitrogen and oxygen atoms in total. The second-order valence-electron chi connectivity index (χ2n) is 4.68. The number of hydrogen-bond donors (Lipinski definition) is 3. The van der Waals surface area contributed by atoms with Gasteiger partial charge in [-0.1, -0.05) is 6.07 Å². The van der Waals surface area contributed by atoms with E-state index in [1.165, 1.54) is 12.1 Å². The van der Waals surface area contributed by atoms with E-state index in [9.17, 15) is 19.0 Å². The van der Waals surface area contributed by atoms with Gasteiger partial charge in [-0.25, -0.2) is 8.78 Å². The van der Waals surface area contributed by atoms with E-state index in [0.29, 0.717) is 18.7 Å². The molecule has 0 bridgehead atoms. The van der Waals surface area contributed by atoms with Gasteiger partial charge in [0.2, 0.25) is 6.43 Å². The molecule has 3 N–H and O–H groups in total. The highest BCUT2D eigenvalue weighted by Crippen LogP contribution is 2.33. The Balaban J connectivity index is 0.00000200. The van der Waals surface area contributed by atoms with Gasteiger partial charge in [-0.2, -0.15) is 0 Å². The van der Waals surface area contributed by atoms with E-state index in [1.54, 1.807) is 6.07 Å². The average Bonchev–Trinajstić information content (AvgIpc) is 2.40. The Hall–Kier alpha value is -1.11. The molecule has 1 aliphatic heterocycles. The molecule has 114 valence electrons. The topological polar surface area (TPSA) is 55.7 Å². The van der Waals surface area contributed by atoms with Gasteiger partial charge in [0.15, 0.2) is 11.5 Å². The van der Waals surface area contributed by atoms with Gasteiger partial charge in [-0.3, -0.25) is 4.90 Å². The Morgan fingerprint density at radius 3 is 2.35 bits per heavy atom. The number of halogens is 3. The number of hydrogen-bond acceptors (Lipinski definition) is 4. The predicted molar refractivity (Wildman–Crippen MR) is 74.8 cm³/mol. The van der Waals surface area contributed by atoms with Crippen LogP contribution in [0.5, 0.6) is 11.5 Å². The van der Waals surface area contributed by atoms with Gasteiger partial charge in [-0.15, -0.1) is 12.4 Å². The lowest BCUT2D eigenvalue weighted by Gasteiger charge is -2.35. The molecule has 2 rings (SSSR count). The fourth-order valence-corrected chi connectivity index (χ4v) is 2.41. The third-order valence-corrected chi connectivity index (χ3v) is 3.38. The van der Waals surface area contributed by atoms with Crippen molar-refractivity contribution in [3.8, 4) is 11.5 Å². The average molecular weight is 309 g/mol. The van der Waals surface area contributed by atoms with E-state index < -0.39 is 12.5 Å². The maximum absolute atomic E-state index is 12.8. The smallest absolute Gasteiger partial charge is 0.240 e. The summed E-state index contributed by atoms with van der Waals surface area (Å²) >= 11 is 0. The molecule has 7 heteroatoms. The van der Waals surface area contributed by atoms with Gasteiger partial charge in [0.25, 0.3) is 0 Å². The van der Waals surface area contributed by atoms with Crippen molar-refractivity contribution < 1.29 is 19.0 Å². The molecule has 1 heterocycles. The van der Waals surface area contributed by atoms with Crippen molar-refractivity contribution in [3.63, 3.8) is 0 Å². The molecule has 0 unspecified atom stereocenters. The highest BCUT2D eigenvalue weighted by molar-refractivity contribution is 5.85. The van der Waals surface area contributed by atoms with Crippen molar-refractivity contribution in [3.05, 3.63) is 23.8 Å². The maximum atomic E-state index is 12.8.